The Kier molecular flexibility index (Phi) is 49.2. The summed E-state index contributed by atoms with van der Waals surface area (Å²) in [6, 6.07) is 8.62. The molecule has 0 radical (unpaired) electrons. The second-order valence-electron chi connectivity index (χ2n) is 26.5. The Labute approximate surface area is 617 Å². The Morgan fingerprint density at radius 2 is 0.924 bits per heavy atom. The van der Waals surface area contributed by atoms with E-state index in [2.05, 4.69) is 37.2 Å². The number of nitrogens with two attached hydrogens (primary N) is 1. The minimum absolute atomic E-state index is 0.0203. The van der Waals surface area contributed by atoms with Gasteiger partial charge >= 0.3 is 17.9 Å². The Morgan fingerprint density at radius 1 is 0.514 bits per heavy atom. The normalized spacial score (nSPS) is 20.0. The summed E-state index contributed by atoms with van der Waals surface area (Å²) in [7, 11) is 0. The summed E-state index contributed by atoms with van der Waals surface area (Å²) in [5.74, 6) is -3.82. The van der Waals surface area contributed by atoms with Crippen molar-refractivity contribution in [1.29, 1.82) is 0 Å². The first-order valence-electron chi connectivity index (χ1n) is 37.0. The van der Waals surface area contributed by atoms with Crippen LogP contribution >= 0.6 is 0 Å². The van der Waals surface area contributed by atoms with Gasteiger partial charge in [0, 0.05) is 149 Å². The van der Waals surface area contributed by atoms with E-state index in [4.69, 9.17) is 62.6 Å². The first-order valence-corrected chi connectivity index (χ1v) is 37.0. The van der Waals surface area contributed by atoms with Gasteiger partial charge < -0.3 is 115 Å². The Hall–Kier alpha value is -6.60. The molecule has 0 saturated carbocycles. The molecule has 1 aromatic carbocycles. The fraction of sp³-hybridized carbons (Fsp3) is 0.778. The number of esters is 3. The fourth-order valence-corrected chi connectivity index (χ4v) is 10.6. The maximum absolute atomic E-state index is 13.8. The van der Waals surface area contributed by atoms with E-state index in [9.17, 15) is 63.3 Å². The average molecular weight is 1500 g/mol. The maximum Gasteiger partial charge on any atom is 0.302 e. The molecule has 2 saturated heterocycles. The average Bonchev–Trinajstić information content (AvgIpc) is 0.846. The standard InChI is InChI=1S/C72H122N8O25/c1-50(43-81)69(103-51(2)44-100-53(4)82)97-35-13-10-21-61(87)74-29-16-32-77-64(90)26-38-94-47-72(80-67(93)25-24-56-19-8-7-9-20-56,48-95-39-27-65(91)78-33-17-30-75-62(88)22-11-14-36-98-70-52(3)59(85)41-57(104-70)45-101-54(5)83)49-96-40-28-66(92)79-34-18-31-76-63(89)23-12-15-37-99-71-68(73)60(86)42-58(105-71)46-102-55(6)84/h7-9,19-20,50-52,57-60,68-71,81,85-86H,10-18,21-49,73H2,1-6H3,(H,74,87)(H,75,88)(H,76,89)(H,77,90)(H,78,91)(H,79,92)(H,80,93)/t50-,51?,52-,57?,58?,59?,60?,68-,69+,70+,71+,72?/m0/s1. The van der Waals surface area contributed by atoms with Crippen molar-refractivity contribution >= 4 is 59.3 Å². The number of hydrogen-bond acceptors (Lipinski definition) is 26. The number of aliphatic hydroxyl groups excluding tert-OH is 3. The molecule has 2 aliphatic rings. The van der Waals surface area contributed by atoms with E-state index in [-0.39, 0.29) is 203 Å². The number of nitrogens with one attached hydrogen (secondary N) is 7. The number of unbranched alkanes of at least 4 members (excludes halogenated alkanes) is 3. The first kappa shape index (κ1) is 92.6. The summed E-state index contributed by atoms with van der Waals surface area (Å²) < 4.78 is 68.2. The predicted molar refractivity (Wildman–Crippen MR) is 379 cm³/mol. The number of rotatable bonds is 59. The van der Waals surface area contributed by atoms with Gasteiger partial charge in [-0.3, -0.25) is 47.9 Å². The smallest absolute Gasteiger partial charge is 0.302 e. The van der Waals surface area contributed by atoms with E-state index in [0.29, 0.717) is 96.9 Å². The lowest BCUT2D eigenvalue weighted by atomic mass is 9.95. The molecule has 0 aliphatic carbocycles. The van der Waals surface area contributed by atoms with Gasteiger partial charge in [-0.2, -0.15) is 0 Å². The van der Waals surface area contributed by atoms with Gasteiger partial charge in [0.1, 0.15) is 25.4 Å². The van der Waals surface area contributed by atoms with E-state index < -0.39 is 78.9 Å². The number of aryl methyl sites for hydroxylation is 1. The Bertz CT molecular complexity index is 2480. The van der Waals surface area contributed by atoms with Gasteiger partial charge in [0.2, 0.25) is 41.4 Å². The van der Waals surface area contributed by atoms with Crippen molar-refractivity contribution in [1.82, 2.24) is 37.2 Å². The van der Waals surface area contributed by atoms with Gasteiger partial charge in [-0.05, 0) is 76.7 Å². The molecular weight excluding hydrogens is 1380 g/mol. The zero-order chi connectivity index (χ0) is 77.0. The van der Waals surface area contributed by atoms with Crippen LogP contribution in [-0.2, 0) is 111 Å². The molecule has 33 heteroatoms. The topological polar surface area (TPSA) is 452 Å². The number of ether oxygens (including phenoxy) is 12. The summed E-state index contributed by atoms with van der Waals surface area (Å²) in [4.78, 5) is 124. The lowest BCUT2D eigenvalue weighted by molar-refractivity contribution is -0.250. The van der Waals surface area contributed by atoms with Crippen molar-refractivity contribution in [3.05, 3.63) is 35.9 Å². The summed E-state index contributed by atoms with van der Waals surface area (Å²) in [5.41, 5.74) is 5.61. The van der Waals surface area contributed by atoms with Gasteiger partial charge in [-0.15, -0.1) is 0 Å². The highest BCUT2D eigenvalue weighted by Crippen LogP contribution is 2.27. The van der Waals surface area contributed by atoms with Crippen LogP contribution in [0.1, 0.15) is 163 Å². The quantitative estimate of drug-likeness (QED) is 0.0188. The third-order valence-corrected chi connectivity index (χ3v) is 16.7. The molecule has 7 amide bonds. The highest BCUT2D eigenvalue weighted by Gasteiger charge is 2.39. The lowest BCUT2D eigenvalue weighted by Gasteiger charge is -2.37. The zero-order valence-corrected chi connectivity index (χ0v) is 62.5. The van der Waals surface area contributed by atoms with Crippen LogP contribution in [0.2, 0.25) is 0 Å². The minimum atomic E-state index is -1.37. The SMILES string of the molecule is CC(=O)OCC(C)O[C@@H](OCCCCC(=O)NCCCNC(=O)CCOCC(COCCC(=O)NCCCNC(=O)CCCCO[C@@H]1OC(COC(C)=O)CC(O)[C@@H]1C)(COCCC(=O)NCCCNC(=O)CCCCO[C@@H]1OC(COC(C)=O)CC(O)[C@@H]1N)NC(=O)CCc1ccccc1)[C@@H](C)CO. The second-order valence-corrected chi connectivity index (χ2v) is 26.5. The molecule has 12 atom stereocenters. The van der Waals surface area contributed by atoms with Crippen LogP contribution < -0.4 is 43.0 Å². The van der Waals surface area contributed by atoms with Crippen LogP contribution in [0.15, 0.2) is 30.3 Å². The van der Waals surface area contributed by atoms with Crippen LogP contribution in [0.5, 0.6) is 0 Å². The highest BCUT2D eigenvalue weighted by molar-refractivity contribution is 5.79. The largest absolute Gasteiger partial charge is 0.463 e. The molecule has 0 bridgehead atoms. The van der Waals surface area contributed by atoms with Crippen molar-refractivity contribution in [2.75, 3.05) is 125 Å². The van der Waals surface area contributed by atoms with Crippen molar-refractivity contribution in [3.8, 4) is 0 Å². The molecule has 2 heterocycles. The highest BCUT2D eigenvalue weighted by atomic mass is 16.7. The summed E-state index contributed by atoms with van der Waals surface area (Å²) in [6.45, 7) is 10.8. The molecule has 12 N–H and O–H groups in total. The van der Waals surface area contributed by atoms with Crippen LogP contribution in [0.4, 0.5) is 0 Å². The summed E-state index contributed by atoms with van der Waals surface area (Å²) in [5, 5.41) is 50.5. The van der Waals surface area contributed by atoms with Gasteiger partial charge in [-0.1, -0.05) is 44.2 Å². The van der Waals surface area contributed by atoms with Crippen LogP contribution in [0.3, 0.4) is 0 Å². The number of aliphatic hydroxyl groups is 3. The summed E-state index contributed by atoms with van der Waals surface area (Å²) >= 11 is 0. The predicted octanol–water partition coefficient (Wildman–Crippen LogP) is 1.09. The Morgan fingerprint density at radius 3 is 1.36 bits per heavy atom. The number of hydrogen-bond donors (Lipinski definition) is 11. The molecule has 105 heavy (non-hydrogen) atoms. The number of amides is 7. The number of benzene rings is 1. The van der Waals surface area contributed by atoms with Crippen LogP contribution in [0, 0.1) is 11.8 Å². The van der Waals surface area contributed by atoms with E-state index in [0.717, 1.165) is 5.56 Å². The van der Waals surface area contributed by atoms with Crippen molar-refractivity contribution in [2.24, 2.45) is 17.6 Å². The van der Waals surface area contributed by atoms with Crippen molar-refractivity contribution < 1.29 is 120 Å². The molecule has 2 fully saturated rings. The molecule has 600 valence electrons. The molecule has 3 rings (SSSR count). The van der Waals surface area contributed by atoms with Gasteiger partial charge in [-0.25, -0.2) is 0 Å². The summed E-state index contributed by atoms with van der Waals surface area (Å²) in [6.07, 6.45) is 0.696. The fourth-order valence-electron chi connectivity index (χ4n) is 10.6. The Balaban J connectivity index is 1.49. The van der Waals surface area contributed by atoms with Crippen LogP contribution in [0.25, 0.3) is 0 Å². The third kappa shape index (κ3) is 45.0. The minimum Gasteiger partial charge on any atom is -0.463 e. The number of carbonyl (C=O) groups is 10. The molecule has 0 aromatic heterocycles. The van der Waals surface area contributed by atoms with E-state index in [1.165, 1.54) is 20.8 Å². The van der Waals surface area contributed by atoms with Gasteiger partial charge in [0.25, 0.3) is 0 Å². The van der Waals surface area contributed by atoms with Crippen molar-refractivity contribution in [3.63, 3.8) is 0 Å². The monoisotopic (exact) mass is 1500 g/mol. The van der Waals surface area contributed by atoms with Crippen LogP contribution in [-0.4, -0.2) is 261 Å². The maximum atomic E-state index is 13.8. The number of carbonyl (C=O) groups excluding carboxylic acids is 10. The molecule has 33 nitrogen and oxygen atoms in total. The molecule has 0 spiro atoms. The van der Waals surface area contributed by atoms with E-state index >= 15 is 0 Å². The van der Waals surface area contributed by atoms with Gasteiger partial charge in [0.15, 0.2) is 18.9 Å². The molecule has 6 unspecified atom stereocenters. The molecular formula is C72H122N8O25. The van der Waals surface area contributed by atoms with Crippen molar-refractivity contribution in [2.45, 2.75) is 225 Å². The molecule has 2 aliphatic heterocycles. The van der Waals surface area contributed by atoms with E-state index in [1.54, 1.807) is 13.8 Å². The first-order chi connectivity index (χ1) is 50.4. The van der Waals surface area contributed by atoms with E-state index in [1.807, 2.05) is 37.3 Å². The zero-order valence-electron chi connectivity index (χ0n) is 62.5. The second kappa shape index (κ2) is 55.8. The molecule has 1 aromatic rings. The van der Waals surface area contributed by atoms with Gasteiger partial charge in [0.05, 0.1) is 82.8 Å². The third-order valence-electron chi connectivity index (χ3n) is 16.7. The lowest BCUT2D eigenvalue weighted by Crippen LogP contribution is -2.58.